The van der Waals surface area contributed by atoms with Crippen molar-refractivity contribution < 1.29 is 9.47 Å². The number of nitrogens with zero attached hydrogens (tertiary/aromatic N) is 1. The maximum absolute atomic E-state index is 6.05. The summed E-state index contributed by atoms with van der Waals surface area (Å²) in [6.45, 7) is 8.19. The third-order valence-electron chi connectivity index (χ3n) is 3.83. The van der Waals surface area contributed by atoms with Crippen molar-refractivity contribution in [1.29, 1.82) is 0 Å². The zero-order valence-electron chi connectivity index (χ0n) is 14.6. The summed E-state index contributed by atoms with van der Waals surface area (Å²) in [4.78, 5) is 4.59. The van der Waals surface area contributed by atoms with Crippen molar-refractivity contribution in [1.82, 2.24) is 10.6 Å². The lowest BCUT2D eigenvalue weighted by Crippen LogP contribution is -2.37. The minimum atomic E-state index is 0.449. The number of hydrogen-bond donors (Lipinski definition) is 2. The van der Waals surface area contributed by atoms with E-state index in [2.05, 4.69) is 46.7 Å². The first-order valence-electron chi connectivity index (χ1n) is 8.48. The van der Waals surface area contributed by atoms with Crippen LogP contribution in [0.15, 0.2) is 23.2 Å². The number of benzene rings is 1. The van der Waals surface area contributed by atoms with Crippen LogP contribution in [0.25, 0.3) is 0 Å². The Balaban J connectivity index is 2.03. The van der Waals surface area contributed by atoms with Crippen LogP contribution in [0.3, 0.4) is 0 Å². The van der Waals surface area contributed by atoms with Gasteiger partial charge in [0.05, 0.1) is 26.3 Å². The van der Waals surface area contributed by atoms with Crippen LogP contribution in [0.4, 0.5) is 0 Å². The lowest BCUT2D eigenvalue weighted by molar-refractivity contribution is 0.166. The molecule has 5 nitrogen and oxygen atoms in total. The molecule has 1 saturated heterocycles. The Kier molecular flexibility index (Phi) is 7.44. The van der Waals surface area contributed by atoms with Gasteiger partial charge in [-0.1, -0.05) is 18.1 Å². The van der Waals surface area contributed by atoms with E-state index in [1.165, 1.54) is 5.56 Å². The molecular weight excluding hydrogens is 302 g/mol. The molecule has 1 atom stereocenters. The van der Waals surface area contributed by atoms with Crippen LogP contribution in [0, 0.1) is 25.2 Å². The largest absolute Gasteiger partial charge is 0.493 e. The number of ether oxygens (including phenoxy) is 2. The van der Waals surface area contributed by atoms with Crippen LogP contribution in [0.2, 0.25) is 0 Å². The molecule has 1 fully saturated rings. The molecule has 0 aliphatic carbocycles. The second-order valence-corrected chi connectivity index (χ2v) is 5.90. The molecule has 130 valence electrons. The van der Waals surface area contributed by atoms with E-state index in [1.54, 1.807) is 0 Å². The normalized spacial score (nSPS) is 17.4. The quantitative estimate of drug-likeness (QED) is 0.457. The molecule has 1 aliphatic rings. The average Bonchev–Trinajstić information content (AvgIpc) is 3.10. The molecular formula is C19H27N3O2. The second kappa shape index (κ2) is 9.84. The Hall–Kier alpha value is -2.19. The predicted octanol–water partition coefficient (Wildman–Crippen LogP) is 2.10. The molecule has 1 unspecified atom stereocenters. The summed E-state index contributed by atoms with van der Waals surface area (Å²) in [6.07, 6.45) is 6.36. The molecule has 0 bridgehead atoms. The average molecular weight is 329 g/mol. The molecule has 0 aromatic heterocycles. The molecule has 0 radical (unpaired) electrons. The van der Waals surface area contributed by atoms with E-state index in [-0.39, 0.29) is 0 Å². The Labute approximate surface area is 144 Å². The number of guanidine groups is 1. The highest BCUT2D eigenvalue weighted by molar-refractivity contribution is 5.80. The lowest BCUT2D eigenvalue weighted by atomic mass is 10.1. The molecule has 0 saturated carbocycles. The lowest BCUT2D eigenvalue weighted by Gasteiger charge is -2.15. The smallest absolute Gasteiger partial charge is 0.192 e. The zero-order chi connectivity index (χ0) is 17.2. The van der Waals surface area contributed by atoms with Crippen LogP contribution >= 0.6 is 0 Å². The first kappa shape index (κ1) is 18.2. The predicted molar refractivity (Wildman–Crippen MR) is 97.3 cm³/mol. The topological polar surface area (TPSA) is 54.9 Å². The Morgan fingerprint density at radius 3 is 3.04 bits per heavy atom. The molecule has 2 rings (SSSR count). The fourth-order valence-corrected chi connectivity index (χ4v) is 2.49. The van der Waals surface area contributed by atoms with E-state index < -0.39 is 0 Å². The maximum Gasteiger partial charge on any atom is 0.192 e. The number of rotatable bonds is 7. The highest BCUT2D eigenvalue weighted by Crippen LogP contribution is 2.23. The van der Waals surface area contributed by atoms with Crippen molar-refractivity contribution in [2.45, 2.75) is 26.8 Å². The number of hydrogen-bond acceptors (Lipinski definition) is 3. The van der Waals surface area contributed by atoms with E-state index in [9.17, 15) is 0 Å². The minimum Gasteiger partial charge on any atom is -0.493 e. The van der Waals surface area contributed by atoms with Gasteiger partial charge >= 0.3 is 0 Å². The van der Waals surface area contributed by atoms with Gasteiger partial charge in [0.1, 0.15) is 5.75 Å². The van der Waals surface area contributed by atoms with Crippen molar-refractivity contribution in [2.24, 2.45) is 10.9 Å². The van der Waals surface area contributed by atoms with Crippen molar-refractivity contribution in [2.75, 3.05) is 32.9 Å². The van der Waals surface area contributed by atoms with Gasteiger partial charge in [0.25, 0.3) is 0 Å². The standard InChI is InChI=1S/C19H27N3O2/c1-4-9-21-19(20-5-2)22-12-17-7-6-15(3)11-18(17)24-14-16-8-10-23-13-16/h1,6-7,11,16H,5,8-10,12-14H2,2-3H3,(H2,20,21,22). The minimum absolute atomic E-state index is 0.449. The van der Waals surface area contributed by atoms with Gasteiger partial charge in [0.15, 0.2) is 5.96 Å². The van der Waals surface area contributed by atoms with Gasteiger partial charge in [-0.3, -0.25) is 0 Å². The Morgan fingerprint density at radius 1 is 1.46 bits per heavy atom. The van der Waals surface area contributed by atoms with Crippen LogP contribution in [-0.2, 0) is 11.3 Å². The first-order chi connectivity index (χ1) is 11.7. The fraction of sp³-hybridized carbons (Fsp3) is 0.526. The van der Waals surface area contributed by atoms with Crippen molar-refractivity contribution in [3.05, 3.63) is 29.3 Å². The number of terminal acetylenes is 1. The van der Waals surface area contributed by atoms with Gasteiger partial charge in [-0.25, -0.2) is 4.99 Å². The first-order valence-corrected chi connectivity index (χ1v) is 8.48. The molecule has 24 heavy (non-hydrogen) atoms. The third-order valence-corrected chi connectivity index (χ3v) is 3.83. The molecule has 2 N–H and O–H groups in total. The van der Waals surface area contributed by atoms with E-state index in [0.29, 0.717) is 31.6 Å². The summed E-state index contributed by atoms with van der Waals surface area (Å²) in [6, 6.07) is 6.23. The zero-order valence-corrected chi connectivity index (χ0v) is 14.6. The molecule has 5 heteroatoms. The summed E-state index contributed by atoms with van der Waals surface area (Å²) < 4.78 is 11.5. The summed E-state index contributed by atoms with van der Waals surface area (Å²) in [5.41, 5.74) is 2.25. The molecule has 1 heterocycles. The van der Waals surface area contributed by atoms with Gasteiger partial charge < -0.3 is 20.1 Å². The second-order valence-electron chi connectivity index (χ2n) is 5.90. The third kappa shape index (κ3) is 5.78. The summed E-state index contributed by atoms with van der Waals surface area (Å²) in [7, 11) is 0. The summed E-state index contributed by atoms with van der Waals surface area (Å²) in [5, 5.41) is 6.27. The highest BCUT2D eigenvalue weighted by Gasteiger charge is 2.17. The highest BCUT2D eigenvalue weighted by atomic mass is 16.5. The van der Waals surface area contributed by atoms with Crippen molar-refractivity contribution in [3.63, 3.8) is 0 Å². The molecule has 0 spiro atoms. The summed E-state index contributed by atoms with van der Waals surface area (Å²) in [5.74, 6) is 4.65. The van der Waals surface area contributed by atoms with Gasteiger partial charge in [-0.05, 0) is 31.9 Å². The van der Waals surface area contributed by atoms with E-state index in [4.69, 9.17) is 15.9 Å². The van der Waals surface area contributed by atoms with Gasteiger partial charge in [-0.2, -0.15) is 0 Å². The number of aryl methyl sites for hydroxylation is 1. The van der Waals surface area contributed by atoms with Crippen molar-refractivity contribution in [3.8, 4) is 18.1 Å². The SMILES string of the molecule is C#CCNC(=NCc1ccc(C)cc1OCC1CCOC1)NCC. The van der Waals surface area contributed by atoms with E-state index >= 15 is 0 Å². The fourth-order valence-electron chi connectivity index (χ4n) is 2.49. The summed E-state index contributed by atoms with van der Waals surface area (Å²) >= 11 is 0. The maximum atomic E-state index is 6.05. The monoisotopic (exact) mass is 329 g/mol. The van der Waals surface area contributed by atoms with Crippen LogP contribution in [0.5, 0.6) is 5.75 Å². The van der Waals surface area contributed by atoms with Crippen LogP contribution in [-0.4, -0.2) is 38.9 Å². The van der Waals surface area contributed by atoms with Crippen molar-refractivity contribution >= 4 is 5.96 Å². The van der Waals surface area contributed by atoms with Crippen LogP contribution in [0.1, 0.15) is 24.5 Å². The van der Waals surface area contributed by atoms with Crippen LogP contribution < -0.4 is 15.4 Å². The number of nitrogens with one attached hydrogen (secondary N) is 2. The molecule has 0 amide bonds. The Morgan fingerprint density at radius 2 is 2.33 bits per heavy atom. The molecule has 1 aromatic rings. The van der Waals surface area contributed by atoms with E-state index in [0.717, 1.165) is 37.5 Å². The Bertz CT molecular complexity index is 587. The molecule has 1 aliphatic heterocycles. The van der Waals surface area contributed by atoms with Gasteiger partial charge in [-0.15, -0.1) is 6.42 Å². The number of aliphatic imine (C=N–C) groups is 1. The van der Waals surface area contributed by atoms with E-state index in [1.807, 2.05) is 6.92 Å². The molecule has 1 aromatic carbocycles. The van der Waals surface area contributed by atoms with Gasteiger partial charge in [0.2, 0.25) is 0 Å². The van der Waals surface area contributed by atoms with Gasteiger partial charge in [0, 0.05) is 24.6 Å².